The summed E-state index contributed by atoms with van der Waals surface area (Å²) in [6.45, 7) is 0.485. The van der Waals surface area contributed by atoms with Gasteiger partial charge in [-0.2, -0.15) is 0 Å². The van der Waals surface area contributed by atoms with Crippen molar-refractivity contribution in [2.45, 2.75) is 5.92 Å². The zero-order valence-corrected chi connectivity index (χ0v) is 13.5. The minimum Gasteiger partial charge on any atom is -0.493 e. The molecule has 0 aliphatic heterocycles. The SMILES string of the molecule is COc1cc2c(c(OC)c1OC)-c1ccc(Cl)cc1C2CN. The lowest BCUT2D eigenvalue weighted by Gasteiger charge is -2.17. The van der Waals surface area contributed by atoms with E-state index in [0.29, 0.717) is 28.8 Å². The number of halogens is 1. The summed E-state index contributed by atoms with van der Waals surface area (Å²) in [7, 11) is 4.84. The smallest absolute Gasteiger partial charge is 0.203 e. The van der Waals surface area contributed by atoms with Crippen LogP contribution in [0.25, 0.3) is 11.1 Å². The summed E-state index contributed by atoms with van der Waals surface area (Å²) in [6, 6.07) is 7.81. The first-order valence-corrected chi connectivity index (χ1v) is 7.36. The summed E-state index contributed by atoms with van der Waals surface area (Å²) >= 11 is 6.16. The van der Waals surface area contributed by atoms with E-state index in [-0.39, 0.29) is 5.92 Å². The molecular weight excluding hydrogens is 302 g/mol. The lowest BCUT2D eigenvalue weighted by Crippen LogP contribution is -2.11. The number of nitrogens with two attached hydrogens (primary N) is 1. The van der Waals surface area contributed by atoms with Gasteiger partial charge in [0.25, 0.3) is 0 Å². The Balaban J connectivity index is 2.36. The molecule has 0 aromatic heterocycles. The molecule has 1 aliphatic rings. The molecule has 22 heavy (non-hydrogen) atoms. The fourth-order valence-corrected chi connectivity index (χ4v) is 3.38. The van der Waals surface area contributed by atoms with Gasteiger partial charge >= 0.3 is 0 Å². The van der Waals surface area contributed by atoms with Crippen LogP contribution in [-0.2, 0) is 0 Å². The van der Waals surface area contributed by atoms with E-state index in [1.54, 1.807) is 21.3 Å². The molecule has 0 saturated carbocycles. The Morgan fingerprint density at radius 3 is 2.32 bits per heavy atom. The number of ether oxygens (including phenoxy) is 3. The number of rotatable bonds is 4. The van der Waals surface area contributed by atoms with E-state index in [9.17, 15) is 0 Å². The average Bonchev–Trinajstić information content (AvgIpc) is 2.84. The van der Waals surface area contributed by atoms with Crippen LogP contribution >= 0.6 is 11.6 Å². The molecule has 0 heterocycles. The topological polar surface area (TPSA) is 53.7 Å². The van der Waals surface area contributed by atoms with Gasteiger partial charge in [-0.1, -0.05) is 17.7 Å². The predicted octanol–water partition coefficient (Wildman–Crippen LogP) is 3.44. The molecule has 0 fully saturated rings. The normalized spacial score (nSPS) is 15.2. The maximum atomic E-state index is 6.16. The molecule has 2 N–H and O–H groups in total. The molecule has 1 aliphatic carbocycles. The molecule has 0 bridgehead atoms. The maximum absolute atomic E-state index is 6.16. The van der Waals surface area contributed by atoms with Gasteiger partial charge < -0.3 is 19.9 Å². The molecule has 1 unspecified atom stereocenters. The minimum absolute atomic E-state index is 0.0670. The highest BCUT2D eigenvalue weighted by Gasteiger charge is 2.34. The Morgan fingerprint density at radius 2 is 1.73 bits per heavy atom. The summed E-state index contributed by atoms with van der Waals surface area (Å²) in [6.07, 6.45) is 0. The molecule has 2 aromatic rings. The van der Waals surface area contributed by atoms with E-state index in [4.69, 9.17) is 31.5 Å². The highest BCUT2D eigenvalue weighted by Crippen LogP contribution is 2.55. The molecule has 0 radical (unpaired) electrons. The Morgan fingerprint density at radius 1 is 1.00 bits per heavy atom. The van der Waals surface area contributed by atoms with Crippen molar-refractivity contribution in [2.24, 2.45) is 5.73 Å². The summed E-state index contributed by atoms with van der Waals surface area (Å²) in [4.78, 5) is 0. The van der Waals surface area contributed by atoms with E-state index in [1.807, 2.05) is 24.3 Å². The summed E-state index contributed by atoms with van der Waals surface area (Å²) in [5.41, 5.74) is 10.3. The van der Waals surface area contributed by atoms with Gasteiger partial charge in [0.1, 0.15) is 0 Å². The van der Waals surface area contributed by atoms with Gasteiger partial charge in [-0.3, -0.25) is 0 Å². The zero-order chi connectivity index (χ0) is 15.9. The zero-order valence-electron chi connectivity index (χ0n) is 12.8. The van der Waals surface area contributed by atoms with Crippen LogP contribution in [-0.4, -0.2) is 27.9 Å². The van der Waals surface area contributed by atoms with E-state index in [1.165, 1.54) is 0 Å². The van der Waals surface area contributed by atoms with Crippen LogP contribution in [0.15, 0.2) is 24.3 Å². The van der Waals surface area contributed by atoms with Crippen molar-refractivity contribution in [3.05, 3.63) is 40.4 Å². The summed E-state index contributed by atoms with van der Waals surface area (Å²) in [5, 5.41) is 0.697. The minimum atomic E-state index is 0.0670. The third kappa shape index (κ3) is 2.02. The van der Waals surface area contributed by atoms with Crippen LogP contribution in [0.1, 0.15) is 17.0 Å². The quantitative estimate of drug-likeness (QED) is 0.938. The van der Waals surface area contributed by atoms with Crippen molar-refractivity contribution in [3.8, 4) is 28.4 Å². The van der Waals surface area contributed by atoms with Crippen molar-refractivity contribution in [2.75, 3.05) is 27.9 Å². The molecule has 4 nitrogen and oxygen atoms in total. The van der Waals surface area contributed by atoms with E-state index < -0.39 is 0 Å². The first-order valence-electron chi connectivity index (χ1n) is 6.99. The monoisotopic (exact) mass is 319 g/mol. The molecule has 116 valence electrons. The summed E-state index contributed by atoms with van der Waals surface area (Å²) in [5.74, 6) is 1.95. The molecular formula is C17H18ClNO3. The number of fused-ring (bicyclic) bond motifs is 3. The van der Waals surface area contributed by atoms with Gasteiger partial charge in [-0.25, -0.2) is 0 Å². The predicted molar refractivity (Wildman–Crippen MR) is 87.4 cm³/mol. The van der Waals surface area contributed by atoms with Crippen molar-refractivity contribution in [1.29, 1.82) is 0 Å². The number of hydrogen-bond donors (Lipinski definition) is 1. The van der Waals surface area contributed by atoms with Crippen LogP contribution in [0.5, 0.6) is 17.2 Å². The molecule has 0 spiro atoms. The maximum Gasteiger partial charge on any atom is 0.203 e. The summed E-state index contributed by atoms with van der Waals surface area (Å²) < 4.78 is 16.6. The second kappa shape index (κ2) is 5.71. The molecule has 5 heteroatoms. The molecule has 3 rings (SSSR count). The van der Waals surface area contributed by atoms with E-state index >= 15 is 0 Å². The van der Waals surface area contributed by atoms with Crippen molar-refractivity contribution < 1.29 is 14.2 Å². The molecule has 0 amide bonds. The van der Waals surface area contributed by atoms with Crippen molar-refractivity contribution in [3.63, 3.8) is 0 Å². The molecule has 1 atom stereocenters. The van der Waals surface area contributed by atoms with Gasteiger partial charge in [-0.15, -0.1) is 0 Å². The van der Waals surface area contributed by atoms with Crippen LogP contribution in [0.4, 0.5) is 0 Å². The fraction of sp³-hybridized carbons (Fsp3) is 0.294. The molecule has 0 saturated heterocycles. The molecule has 2 aromatic carbocycles. The first-order chi connectivity index (χ1) is 10.7. The van der Waals surface area contributed by atoms with Crippen LogP contribution in [0, 0.1) is 0 Å². The van der Waals surface area contributed by atoms with Crippen LogP contribution in [0.2, 0.25) is 5.02 Å². The first kappa shape index (κ1) is 15.0. The van der Waals surface area contributed by atoms with Crippen molar-refractivity contribution >= 4 is 11.6 Å². The second-order valence-electron chi connectivity index (χ2n) is 5.13. The largest absolute Gasteiger partial charge is 0.493 e. The van der Waals surface area contributed by atoms with E-state index in [2.05, 4.69) is 0 Å². The third-order valence-electron chi connectivity index (χ3n) is 4.13. The lowest BCUT2D eigenvalue weighted by atomic mass is 9.97. The van der Waals surface area contributed by atoms with Crippen LogP contribution < -0.4 is 19.9 Å². The lowest BCUT2D eigenvalue weighted by molar-refractivity contribution is 0.325. The Hall–Kier alpha value is -1.91. The van der Waals surface area contributed by atoms with Gasteiger partial charge in [0.05, 0.1) is 21.3 Å². The van der Waals surface area contributed by atoms with Gasteiger partial charge in [0.2, 0.25) is 5.75 Å². The van der Waals surface area contributed by atoms with Crippen LogP contribution in [0.3, 0.4) is 0 Å². The third-order valence-corrected chi connectivity index (χ3v) is 4.37. The number of methoxy groups -OCH3 is 3. The standard InChI is InChI=1S/C17H18ClNO3/c1-20-14-7-12-13(8-19)11-6-9(18)4-5-10(11)15(12)17(22-3)16(14)21-2/h4-7,13H,8,19H2,1-3H3. The van der Waals surface area contributed by atoms with E-state index in [0.717, 1.165) is 22.3 Å². The Kier molecular flexibility index (Phi) is 3.89. The number of hydrogen-bond acceptors (Lipinski definition) is 4. The highest BCUT2D eigenvalue weighted by atomic mass is 35.5. The fourth-order valence-electron chi connectivity index (χ4n) is 3.20. The average molecular weight is 320 g/mol. The second-order valence-corrected chi connectivity index (χ2v) is 5.57. The Labute approximate surface area is 134 Å². The number of benzene rings is 2. The van der Waals surface area contributed by atoms with Gasteiger partial charge in [0.15, 0.2) is 11.5 Å². The van der Waals surface area contributed by atoms with Crippen molar-refractivity contribution in [1.82, 2.24) is 0 Å². The highest BCUT2D eigenvalue weighted by molar-refractivity contribution is 6.30. The van der Waals surface area contributed by atoms with Gasteiger partial charge in [-0.05, 0) is 34.9 Å². The Bertz CT molecular complexity index is 730. The van der Waals surface area contributed by atoms with Gasteiger partial charge in [0, 0.05) is 23.0 Å².